The molecule has 1 aliphatic heterocycles. The van der Waals surface area contributed by atoms with Gasteiger partial charge in [0, 0.05) is 16.6 Å². The first-order valence-corrected chi connectivity index (χ1v) is 9.84. The number of Topliss-reactive ketones (excluding diaryl/α,β-unsaturated/α-hetero) is 1. The number of ketones is 1. The smallest absolute Gasteiger partial charge is 0.295 e. The molecule has 0 saturated carbocycles. The van der Waals surface area contributed by atoms with Crippen molar-refractivity contribution in [2.75, 3.05) is 6.54 Å². The van der Waals surface area contributed by atoms with Gasteiger partial charge in [-0.05, 0) is 31.0 Å². The number of benzene rings is 2. The van der Waals surface area contributed by atoms with Crippen molar-refractivity contribution in [1.82, 2.24) is 4.90 Å². The highest BCUT2D eigenvalue weighted by molar-refractivity contribution is 9.10. The first-order chi connectivity index (χ1) is 12.9. The van der Waals surface area contributed by atoms with Crippen LogP contribution in [0.2, 0.25) is 0 Å². The van der Waals surface area contributed by atoms with Crippen molar-refractivity contribution in [2.24, 2.45) is 0 Å². The molecule has 27 heavy (non-hydrogen) atoms. The Balaban J connectivity index is 2.14. The highest BCUT2D eigenvalue weighted by Crippen LogP contribution is 2.39. The number of carbonyl (C=O) groups excluding carboxylic acids is 2. The van der Waals surface area contributed by atoms with E-state index in [0.29, 0.717) is 12.1 Å². The van der Waals surface area contributed by atoms with Crippen molar-refractivity contribution in [3.8, 4) is 0 Å². The minimum Gasteiger partial charge on any atom is -0.507 e. The number of halogens is 1. The third-order valence-electron chi connectivity index (χ3n) is 4.80. The van der Waals surface area contributed by atoms with Crippen LogP contribution < -0.4 is 0 Å². The zero-order chi connectivity index (χ0) is 19.6. The molecule has 1 N–H and O–H groups in total. The van der Waals surface area contributed by atoms with Crippen molar-refractivity contribution < 1.29 is 14.7 Å². The summed E-state index contributed by atoms with van der Waals surface area (Å²) in [5, 5.41) is 10.9. The number of aryl methyl sites for hydroxylation is 1. The molecule has 1 amide bonds. The normalized spacial score (nSPS) is 18.9. The number of aliphatic hydroxyl groups excluding tert-OH is 1. The fraction of sp³-hybridized carbons (Fsp3) is 0.273. The lowest BCUT2D eigenvalue weighted by molar-refractivity contribution is -0.139. The second-order valence-electron chi connectivity index (χ2n) is 6.76. The summed E-state index contributed by atoms with van der Waals surface area (Å²) in [5.41, 5.74) is 2.56. The molecule has 1 saturated heterocycles. The summed E-state index contributed by atoms with van der Waals surface area (Å²) >= 11 is 3.41. The van der Waals surface area contributed by atoms with Crippen LogP contribution in [0, 0.1) is 6.92 Å². The molecule has 0 unspecified atom stereocenters. The molecule has 0 spiro atoms. The van der Waals surface area contributed by atoms with Gasteiger partial charge in [-0.25, -0.2) is 0 Å². The second kappa shape index (κ2) is 8.09. The van der Waals surface area contributed by atoms with Gasteiger partial charge >= 0.3 is 0 Å². The molecule has 1 heterocycles. The lowest BCUT2D eigenvalue weighted by Crippen LogP contribution is -2.30. The number of carbonyl (C=O) groups is 2. The van der Waals surface area contributed by atoms with Gasteiger partial charge in [-0.15, -0.1) is 0 Å². The van der Waals surface area contributed by atoms with E-state index in [1.807, 2.05) is 50.2 Å². The minimum absolute atomic E-state index is 0.125. The molecule has 0 radical (unpaired) electrons. The van der Waals surface area contributed by atoms with Gasteiger partial charge in [-0.1, -0.05) is 71.2 Å². The molecule has 1 atom stereocenters. The number of unbranched alkanes of at least 4 members (excludes halogenated alkanes) is 1. The van der Waals surface area contributed by atoms with Crippen LogP contribution >= 0.6 is 15.9 Å². The van der Waals surface area contributed by atoms with E-state index in [-0.39, 0.29) is 11.3 Å². The third kappa shape index (κ3) is 3.83. The van der Waals surface area contributed by atoms with Gasteiger partial charge in [0.05, 0.1) is 11.6 Å². The summed E-state index contributed by atoms with van der Waals surface area (Å²) in [6, 6.07) is 14.2. The fourth-order valence-corrected chi connectivity index (χ4v) is 3.56. The number of likely N-dealkylation sites (tertiary alicyclic amines) is 1. The predicted octanol–water partition coefficient (Wildman–Crippen LogP) is 4.98. The van der Waals surface area contributed by atoms with Crippen LogP contribution in [-0.4, -0.2) is 28.2 Å². The van der Waals surface area contributed by atoms with Crippen LogP contribution in [0.15, 0.2) is 58.6 Å². The van der Waals surface area contributed by atoms with Crippen LogP contribution in [0.5, 0.6) is 0 Å². The number of aliphatic hydroxyl groups is 1. The Labute approximate surface area is 167 Å². The first kappa shape index (κ1) is 19.4. The van der Waals surface area contributed by atoms with Gasteiger partial charge in [0.2, 0.25) is 0 Å². The molecule has 2 aromatic rings. The van der Waals surface area contributed by atoms with Gasteiger partial charge in [-0.3, -0.25) is 9.59 Å². The zero-order valence-corrected chi connectivity index (χ0v) is 17.0. The molecular weight excluding hydrogens is 406 g/mol. The lowest BCUT2D eigenvalue weighted by atomic mass is 9.95. The molecule has 4 nitrogen and oxygen atoms in total. The summed E-state index contributed by atoms with van der Waals surface area (Å²) in [4.78, 5) is 27.1. The molecule has 2 aromatic carbocycles. The Morgan fingerprint density at radius 1 is 1.07 bits per heavy atom. The summed E-state index contributed by atoms with van der Waals surface area (Å²) in [7, 11) is 0. The summed E-state index contributed by atoms with van der Waals surface area (Å²) < 4.78 is 0.912. The monoisotopic (exact) mass is 427 g/mol. The minimum atomic E-state index is -0.628. The van der Waals surface area contributed by atoms with Crippen molar-refractivity contribution in [3.63, 3.8) is 0 Å². The molecule has 0 aromatic heterocycles. The van der Waals surface area contributed by atoms with Gasteiger partial charge in [0.1, 0.15) is 5.76 Å². The molecular formula is C22H22BrNO3. The highest BCUT2D eigenvalue weighted by Gasteiger charge is 2.45. The molecule has 0 aliphatic carbocycles. The second-order valence-corrected chi connectivity index (χ2v) is 7.68. The number of rotatable bonds is 5. The maximum absolute atomic E-state index is 12.8. The van der Waals surface area contributed by atoms with E-state index in [2.05, 4.69) is 15.9 Å². The SMILES string of the molecule is CCCCN1C(=O)C(=O)/C(=C(/O)c2ccc(C)cc2)[C@H]1c1ccc(Br)cc1. The highest BCUT2D eigenvalue weighted by atomic mass is 79.9. The number of hydrogen-bond acceptors (Lipinski definition) is 3. The quantitative estimate of drug-likeness (QED) is 0.415. The predicted molar refractivity (Wildman–Crippen MR) is 109 cm³/mol. The van der Waals surface area contributed by atoms with Crippen molar-refractivity contribution >= 4 is 33.4 Å². The lowest BCUT2D eigenvalue weighted by Gasteiger charge is -2.25. The van der Waals surface area contributed by atoms with Crippen LogP contribution in [0.3, 0.4) is 0 Å². The maximum Gasteiger partial charge on any atom is 0.295 e. The largest absolute Gasteiger partial charge is 0.507 e. The standard InChI is InChI=1S/C22H22BrNO3/c1-3-4-13-24-19(15-9-11-17(23)12-10-15)18(21(26)22(24)27)20(25)16-7-5-14(2)6-8-16/h5-12,19,25H,3-4,13H2,1-2H3/b20-18+/t19-/m1/s1. The number of amides is 1. The van der Waals surface area contributed by atoms with E-state index in [0.717, 1.165) is 28.4 Å². The zero-order valence-electron chi connectivity index (χ0n) is 15.4. The Morgan fingerprint density at radius 3 is 2.30 bits per heavy atom. The fourth-order valence-electron chi connectivity index (χ4n) is 3.30. The average Bonchev–Trinajstić information content (AvgIpc) is 2.91. The van der Waals surface area contributed by atoms with E-state index in [1.54, 1.807) is 17.0 Å². The van der Waals surface area contributed by atoms with Gasteiger partial charge < -0.3 is 10.0 Å². The van der Waals surface area contributed by atoms with E-state index in [9.17, 15) is 14.7 Å². The topological polar surface area (TPSA) is 57.6 Å². The molecule has 3 rings (SSSR count). The summed E-state index contributed by atoms with van der Waals surface area (Å²) in [6.45, 7) is 4.47. The van der Waals surface area contributed by atoms with E-state index in [4.69, 9.17) is 0 Å². The van der Waals surface area contributed by atoms with Gasteiger partial charge in [-0.2, -0.15) is 0 Å². The summed E-state index contributed by atoms with van der Waals surface area (Å²) in [6.07, 6.45) is 1.71. The average molecular weight is 428 g/mol. The van der Waals surface area contributed by atoms with E-state index >= 15 is 0 Å². The summed E-state index contributed by atoms with van der Waals surface area (Å²) in [5.74, 6) is -1.30. The van der Waals surface area contributed by atoms with Crippen LogP contribution in [0.1, 0.15) is 42.5 Å². The van der Waals surface area contributed by atoms with E-state index in [1.165, 1.54) is 0 Å². The molecule has 1 fully saturated rings. The van der Waals surface area contributed by atoms with Crippen molar-refractivity contribution in [3.05, 3.63) is 75.3 Å². The molecule has 140 valence electrons. The Kier molecular flexibility index (Phi) is 5.80. The number of nitrogens with zero attached hydrogens (tertiary/aromatic N) is 1. The van der Waals surface area contributed by atoms with Crippen LogP contribution in [-0.2, 0) is 9.59 Å². The van der Waals surface area contributed by atoms with Crippen LogP contribution in [0.25, 0.3) is 5.76 Å². The molecule has 0 bridgehead atoms. The van der Waals surface area contributed by atoms with Crippen LogP contribution in [0.4, 0.5) is 0 Å². The Hall–Kier alpha value is -2.40. The van der Waals surface area contributed by atoms with Crippen molar-refractivity contribution in [1.29, 1.82) is 0 Å². The third-order valence-corrected chi connectivity index (χ3v) is 5.33. The van der Waals surface area contributed by atoms with Gasteiger partial charge in [0.15, 0.2) is 0 Å². The van der Waals surface area contributed by atoms with E-state index < -0.39 is 17.7 Å². The maximum atomic E-state index is 12.8. The molecule has 1 aliphatic rings. The number of hydrogen-bond donors (Lipinski definition) is 1. The Bertz CT molecular complexity index is 885. The Morgan fingerprint density at radius 2 is 1.70 bits per heavy atom. The van der Waals surface area contributed by atoms with Gasteiger partial charge in [0.25, 0.3) is 11.7 Å². The van der Waals surface area contributed by atoms with Crippen molar-refractivity contribution in [2.45, 2.75) is 32.7 Å². The molecule has 5 heteroatoms. The first-order valence-electron chi connectivity index (χ1n) is 9.05.